The molecule has 1 fully saturated rings. The van der Waals surface area contributed by atoms with Crippen LogP contribution in [0.2, 0.25) is 0 Å². The van der Waals surface area contributed by atoms with Crippen LogP contribution >= 0.6 is 11.3 Å². The highest BCUT2D eigenvalue weighted by Crippen LogP contribution is 2.35. The summed E-state index contributed by atoms with van der Waals surface area (Å²) in [4.78, 5) is 27.0. The second-order valence-corrected chi connectivity index (χ2v) is 5.80. The molecule has 1 heterocycles. The number of thiazole rings is 1. The SMILES string of the molecule is Cc1nc(N(C(=O)C(F)(F)F)C2CCCC2)sc1C(=O)O. The van der Waals surface area contributed by atoms with Gasteiger partial charge in [-0.3, -0.25) is 9.69 Å². The van der Waals surface area contributed by atoms with Crippen LogP contribution in [0.25, 0.3) is 0 Å². The lowest BCUT2D eigenvalue weighted by Crippen LogP contribution is -2.46. The molecule has 0 saturated heterocycles. The van der Waals surface area contributed by atoms with Crippen molar-refractivity contribution < 1.29 is 27.9 Å². The van der Waals surface area contributed by atoms with Crippen molar-refractivity contribution in [3.05, 3.63) is 10.6 Å². The number of halogens is 3. The number of amides is 1. The molecule has 0 aromatic carbocycles. The van der Waals surface area contributed by atoms with Gasteiger partial charge in [-0.05, 0) is 19.8 Å². The molecular weight excluding hydrogens is 309 g/mol. The first-order valence-corrected chi connectivity index (χ1v) is 7.14. The fourth-order valence-electron chi connectivity index (χ4n) is 2.39. The first-order valence-electron chi connectivity index (χ1n) is 6.33. The zero-order valence-corrected chi connectivity index (χ0v) is 11.9. The number of nitrogens with zero attached hydrogens (tertiary/aromatic N) is 2. The first kappa shape index (κ1) is 15.7. The molecule has 0 bridgehead atoms. The van der Waals surface area contributed by atoms with Crippen molar-refractivity contribution in [3.63, 3.8) is 0 Å². The zero-order valence-electron chi connectivity index (χ0n) is 11.1. The lowest BCUT2D eigenvalue weighted by Gasteiger charge is -2.27. The summed E-state index contributed by atoms with van der Waals surface area (Å²) in [5.74, 6) is -3.25. The van der Waals surface area contributed by atoms with Gasteiger partial charge in [0.1, 0.15) is 4.88 Å². The van der Waals surface area contributed by atoms with Crippen LogP contribution in [0.5, 0.6) is 0 Å². The Kier molecular flexibility index (Phi) is 4.22. The molecule has 9 heteroatoms. The van der Waals surface area contributed by atoms with Gasteiger partial charge in [-0.25, -0.2) is 9.78 Å². The van der Waals surface area contributed by atoms with Gasteiger partial charge in [0, 0.05) is 6.04 Å². The number of carbonyl (C=O) groups is 2. The van der Waals surface area contributed by atoms with Gasteiger partial charge in [-0.1, -0.05) is 24.2 Å². The Hall–Kier alpha value is -1.64. The van der Waals surface area contributed by atoms with Crippen LogP contribution in [0.1, 0.15) is 41.0 Å². The molecule has 0 atom stereocenters. The van der Waals surface area contributed by atoms with E-state index in [2.05, 4.69) is 4.98 Å². The molecule has 1 aromatic heterocycles. The Labute approximate surface area is 122 Å². The molecular formula is C12H13F3N2O3S. The average molecular weight is 322 g/mol. The molecule has 1 amide bonds. The Balaban J connectivity index is 2.42. The van der Waals surface area contributed by atoms with Crippen molar-refractivity contribution in [3.8, 4) is 0 Å². The summed E-state index contributed by atoms with van der Waals surface area (Å²) < 4.78 is 38.3. The molecule has 2 rings (SSSR count). The number of carboxylic acids is 1. The molecule has 1 N–H and O–H groups in total. The van der Waals surface area contributed by atoms with Crippen LogP contribution < -0.4 is 4.90 Å². The highest BCUT2D eigenvalue weighted by molar-refractivity contribution is 7.17. The number of anilines is 1. The van der Waals surface area contributed by atoms with Crippen molar-refractivity contribution in [2.45, 2.75) is 44.8 Å². The van der Waals surface area contributed by atoms with Crippen LogP contribution in [-0.4, -0.2) is 34.2 Å². The summed E-state index contributed by atoms with van der Waals surface area (Å²) >= 11 is 0.601. The van der Waals surface area contributed by atoms with Crippen molar-refractivity contribution in [1.29, 1.82) is 0 Å². The van der Waals surface area contributed by atoms with Gasteiger partial charge < -0.3 is 5.11 Å². The Morgan fingerprint density at radius 1 is 1.33 bits per heavy atom. The van der Waals surface area contributed by atoms with E-state index in [0.717, 1.165) is 12.8 Å². The number of carbonyl (C=O) groups excluding carboxylic acids is 1. The number of aromatic carboxylic acids is 1. The number of alkyl halides is 3. The summed E-state index contributed by atoms with van der Waals surface area (Å²) in [7, 11) is 0. The lowest BCUT2D eigenvalue weighted by molar-refractivity contribution is -0.171. The largest absolute Gasteiger partial charge is 0.477 e. The van der Waals surface area contributed by atoms with E-state index in [1.165, 1.54) is 6.92 Å². The number of aromatic nitrogens is 1. The van der Waals surface area contributed by atoms with E-state index in [-0.39, 0.29) is 15.7 Å². The molecule has 21 heavy (non-hydrogen) atoms. The summed E-state index contributed by atoms with van der Waals surface area (Å²) in [6, 6.07) is -0.577. The monoisotopic (exact) mass is 322 g/mol. The second kappa shape index (κ2) is 5.63. The van der Waals surface area contributed by atoms with E-state index >= 15 is 0 Å². The molecule has 1 aliphatic rings. The molecule has 0 unspecified atom stereocenters. The van der Waals surface area contributed by atoms with Crippen LogP contribution in [0.4, 0.5) is 18.3 Å². The van der Waals surface area contributed by atoms with Gasteiger partial charge in [0.2, 0.25) is 0 Å². The molecule has 116 valence electrons. The summed E-state index contributed by atoms with van der Waals surface area (Å²) in [5.41, 5.74) is 0.112. The maximum atomic E-state index is 12.8. The molecule has 0 radical (unpaired) electrons. The van der Waals surface area contributed by atoms with Crippen LogP contribution in [0.15, 0.2) is 0 Å². The van der Waals surface area contributed by atoms with E-state index in [4.69, 9.17) is 5.11 Å². The van der Waals surface area contributed by atoms with Gasteiger partial charge in [0.25, 0.3) is 0 Å². The number of rotatable bonds is 3. The predicted octanol–water partition coefficient (Wildman–Crippen LogP) is 2.99. The maximum absolute atomic E-state index is 12.8. The van der Waals surface area contributed by atoms with E-state index in [9.17, 15) is 22.8 Å². The Morgan fingerprint density at radius 2 is 1.90 bits per heavy atom. The number of hydrogen-bond donors (Lipinski definition) is 1. The lowest BCUT2D eigenvalue weighted by atomic mass is 10.2. The van der Waals surface area contributed by atoms with Gasteiger partial charge in [0.05, 0.1) is 5.69 Å². The average Bonchev–Trinajstić information content (AvgIpc) is 2.98. The second-order valence-electron chi connectivity index (χ2n) is 4.83. The van der Waals surface area contributed by atoms with Gasteiger partial charge >= 0.3 is 18.1 Å². The first-order chi connectivity index (χ1) is 9.71. The molecule has 1 aliphatic carbocycles. The third-order valence-electron chi connectivity index (χ3n) is 3.34. The van der Waals surface area contributed by atoms with Crippen molar-refractivity contribution in [2.24, 2.45) is 0 Å². The highest BCUT2D eigenvalue weighted by Gasteiger charge is 2.47. The normalized spacial score (nSPS) is 16.2. The summed E-state index contributed by atoms with van der Waals surface area (Å²) in [6.07, 6.45) is -2.61. The van der Waals surface area contributed by atoms with Crippen LogP contribution in [0, 0.1) is 6.92 Å². The smallest absolute Gasteiger partial charge is 0.471 e. The van der Waals surface area contributed by atoms with E-state index < -0.39 is 24.1 Å². The van der Waals surface area contributed by atoms with Crippen molar-refractivity contribution in [1.82, 2.24) is 4.98 Å². The van der Waals surface area contributed by atoms with E-state index in [0.29, 0.717) is 29.1 Å². The fourth-order valence-corrected chi connectivity index (χ4v) is 3.37. The fraction of sp³-hybridized carbons (Fsp3) is 0.583. The van der Waals surface area contributed by atoms with Gasteiger partial charge in [0.15, 0.2) is 5.13 Å². The van der Waals surface area contributed by atoms with Crippen molar-refractivity contribution >= 4 is 28.3 Å². The third-order valence-corrected chi connectivity index (χ3v) is 4.48. The summed E-state index contributed by atoms with van der Waals surface area (Å²) in [5, 5.41) is 8.77. The molecule has 5 nitrogen and oxygen atoms in total. The summed E-state index contributed by atoms with van der Waals surface area (Å²) in [6.45, 7) is 1.40. The van der Waals surface area contributed by atoms with Crippen molar-refractivity contribution in [2.75, 3.05) is 4.90 Å². The Morgan fingerprint density at radius 3 is 2.33 bits per heavy atom. The topological polar surface area (TPSA) is 70.5 Å². The van der Waals surface area contributed by atoms with E-state index in [1.54, 1.807) is 0 Å². The molecule has 0 spiro atoms. The zero-order chi connectivity index (χ0) is 15.8. The predicted molar refractivity (Wildman–Crippen MR) is 69.6 cm³/mol. The standard InChI is InChI=1S/C12H13F3N2O3S/c1-6-8(9(18)19)21-11(16-6)17(7-4-2-3-5-7)10(20)12(13,14)15/h7H,2-5H2,1H3,(H,18,19). The van der Waals surface area contributed by atoms with E-state index in [1.807, 2.05) is 0 Å². The number of aryl methyl sites for hydroxylation is 1. The minimum Gasteiger partial charge on any atom is -0.477 e. The molecule has 0 aliphatic heterocycles. The third kappa shape index (κ3) is 3.17. The molecule has 1 aromatic rings. The molecule has 1 saturated carbocycles. The quantitative estimate of drug-likeness (QED) is 0.929. The van der Waals surface area contributed by atoms with Gasteiger partial charge in [-0.15, -0.1) is 0 Å². The minimum atomic E-state index is -5.01. The maximum Gasteiger partial charge on any atom is 0.471 e. The Bertz CT molecular complexity index is 565. The van der Waals surface area contributed by atoms with Crippen LogP contribution in [-0.2, 0) is 4.79 Å². The number of hydrogen-bond acceptors (Lipinski definition) is 4. The highest BCUT2D eigenvalue weighted by atomic mass is 32.1. The van der Waals surface area contributed by atoms with Gasteiger partial charge in [-0.2, -0.15) is 13.2 Å². The van der Waals surface area contributed by atoms with Crippen LogP contribution in [0.3, 0.4) is 0 Å². The minimum absolute atomic E-state index is 0.112. The number of carboxylic acid groups (broad SMARTS) is 1.